The van der Waals surface area contributed by atoms with E-state index in [1.54, 1.807) is 24.3 Å². The molecule has 170 valence electrons. The van der Waals surface area contributed by atoms with Crippen LogP contribution in [0.15, 0.2) is 72.8 Å². The summed E-state index contributed by atoms with van der Waals surface area (Å²) in [6, 6.07) is 19.0. The van der Waals surface area contributed by atoms with E-state index in [1.165, 1.54) is 36.4 Å². The summed E-state index contributed by atoms with van der Waals surface area (Å²) in [6.07, 6.45) is -5.92. The molecule has 0 saturated carbocycles. The molecule has 0 heterocycles. The molecule has 3 aromatic rings. The monoisotopic (exact) mass is 468 g/mol. The van der Waals surface area contributed by atoms with Gasteiger partial charge in [0.2, 0.25) is 0 Å². The predicted molar refractivity (Wildman–Crippen MR) is 116 cm³/mol. The Morgan fingerprint density at radius 3 is 1.06 bits per heavy atom. The largest absolute Gasteiger partial charge is 0.416 e. The lowest BCUT2D eigenvalue weighted by atomic mass is 10.00. The van der Waals surface area contributed by atoms with Crippen LogP contribution in [0.1, 0.15) is 33.4 Å². The lowest BCUT2D eigenvalue weighted by Crippen LogP contribution is -2.04. The van der Waals surface area contributed by atoms with Crippen LogP contribution in [-0.4, -0.2) is 0 Å². The first kappa shape index (κ1) is 24.3. The maximum absolute atomic E-state index is 12.7. The molecule has 0 N–H and O–H groups in total. The number of hydrogen-bond acceptors (Lipinski definition) is 2. The average molecular weight is 468 g/mol. The van der Waals surface area contributed by atoms with Crippen LogP contribution in [0.5, 0.6) is 0 Å². The molecule has 0 amide bonds. The molecule has 0 aliphatic carbocycles. The summed E-state index contributed by atoms with van der Waals surface area (Å²) in [5, 5.41) is 18.8. The topological polar surface area (TPSA) is 47.6 Å². The Labute approximate surface area is 191 Å². The first-order chi connectivity index (χ1) is 16.0. The second-order valence-electron chi connectivity index (χ2n) is 7.16. The molecule has 0 unspecified atom stereocenters. The van der Waals surface area contributed by atoms with Crippen molar-refractivity contribution in [2.45, 2.75) is 12.4 Å². The van der Waals surface area contributed by atoms with Crippen LogP contribution in [0.3, 0.4) is 0 Å². The molecular weight excluding hydrogens is 454 g/mol. The minimum absolute atomic E-state index is 0.166. The van der Waals surface area contributed by atoms with Gasteiger partial charge >= 0.3 is 12.4 Å². The van der Waals surface area contributed by atoms with Crippen LogP contribution >= 0.6 is 0 Å². The van der Waals surface area contributed by atoms with Gasteiger partial charge in [-0.3, -0.25) is 0 Å². The first-order valence-electron chi connectivity index (χ1n) is 9.70. The number of benzene rings is 3. The molecule has 0 atom stereocenters. The number of halogens is 6. The van der Waals surface area contributed by atoms with Crippen molar-refractivity contribution in [1.82, 2.24) is 0 Å². The molecular formula is C26H14F6N2. The van der Waals surface area contributed by atoms with Crippen LogP contribution in [0.4, 0.5) is 26.3 Å². The Morgan fingerprint density at radius 2 is 0.824 bits per heavy atom. The fraction of sp³-hybridized carbons (Fsp3) is 0.0769. The van der Waals surface area contributed by atoms with Crippen molar-refractivity contribution in [2.24, 2.45) is 0 Å². The van der Waals surface area contributed by atoms with Gasteiger partial charge in [0, 0.05) is 0 Å². The molecule has 0 aliphatic heterocycles. The van der Waals surface area contributed by atoms with E-state index in [9.17, 15) is 36.9 Å². The van der Waals surface area contributed by atoms with Crippen molar-refractivity contribution in [1.29, 1.82) is 10.5 Å². The summed E-state index contributed by atoms with van der Waals surface area (Å²) >= 11 is 0. The SMILES string of the molecule is N#C/C(=C\c1ccc(/C=C(/C#N)c2ccc(C(F)(F)F)cc2)cc1)c1ccc(C(F)(F)F)cc1. The minimum atomic E-state index is -4.47. The number of nitriles is 2. The van der Waals surface area contributed by atoms with Crippen molar-refractivity contribution >= 4 is 23.3 Å². The summed E-state index contributed by atoms with van der Waals surface area (Å²) in [7, 11) is 0. The van der Waals surface area contributed by atoms with Gasteiger partial charge in [-0.15, -0.1) is 0 Å². The van der Waals surface area contributed by atoms with Gasteiger partial charge in [0.15, 0.2) is 0 Å². The second-order valence-corrected chi connectivity index (χ2v) is 7.16. The van der Waals surface area contributed by atoms with Gasteiger partial charge in [-0.2, -0.15) is 36.9 Å². The van der Waals surface area contributed by atoms with Gasteiger partial charge < -0.3 is 0 Å². The van der Waals surface area contributed by atoms with Crippen molar-refractivity contribution < 1.29 is 26.3 Å². The van der Waals surface area contributed by atoms with E-state index in [1.807, 2.05) is 12.1 Å². The highest BCUT2D eigenvalue weighted by Crippen LogP contribution is 2.31. The van der Waals surface area contributed by atoms with Gasteiger partial charge in [-0.25, -0.2) is 0 Å². The summed E-state index contributed by atoms with van der Waals surface area (Å²) < 4.78 is 76.4. The Morgan fingerprint density at radius 1 is 0.529 bits per heavy atom. The lowest BCUT2D eigenvalue weighted by molar-refractivity contribution is -0.138. The van der Waals surface area contributed by atoms with Gasteiger partial charge in [0.1, 0.15) is 0 Å². The third kappa shape index (κ3) is 5.93. The molecule has 34 heavy (non-hydrogen) atoms. The van der Waals surface area contributed by atoms with E-state index in [4.69, 9.17) is 0 Å². The van der Waals surface area contributed by atoms with Crippen LogP contribution < -0.4 is 0 Å². The third-order valence-electron chi connectivity index (χ3n) is 4.85. The van der Waals surface area contributed by atoms with E-state index in [2.05, 4.69) is 0 Å². The minimum Gasteiger partial charge on any atom is -0.192 e. The number of rotatable bonds is 4. The molecule has 0 fully saturated rings. The summed E-state index contributed by atoms with van der Waals surface area (Å²) in [5.74, 6) is 0. The number of alkyl halides is 6. The fourth-order valence-corrected chi connectivity index (χ4v) is 3.06. The van der Waals surface area contributed by atoms with Gasteiger partial charge in [0.05, 0.1) is 34.4 Å². The van der Waals surface area contributed by atoms with Gasteiger partial charge in [0.25, 0.3) is 0 Å². The molecule has 3 aromatic carbocycles. The van der Waals surface area contributed by atoms with Crippen molar-refractivity contribution in [3.05, 3.63) is 106 Å². The van der Waals surface area contributed by atoms with Crippen molar-refractivity contribution in [3.63, 3.8) is 0 Å². The van der Waals surface area contributed by atoms with Crippen LogP contribution in [0.25, 0.3) is 23.3 Å². The van der Waals surface area contributed by atoms with Crippen molar-refractivity contribution in [2.75, 3.05) is 0 Å². The lowest BCUT2D eigenvalue weighted by Gasteiger charge is -2.07. The zero-order valence-corrected chi connectivity index (χ0v) is 17.2. The second kappa shape index (κ2) is 9.68. The van der Waals surface area contributed by atoms with Gasteiger partial charge in [-0.1, -0.05) is 48.5 Å². The first-order valence-corrected chi connectivity index (χ1v) is 9.70. The number of allylic oxidation sites excluding steroid dienone is 2. The smallest absolute Gasteiger partial charge is 0.192 e. The van der Waals surface area contributed by atoms with E-state index in [0.717, 1.165) is 24.3 Å². The maximum Gasteiger partial charge on any atom is 0.416 e. The Bertz CT molecular complexity index is 1190. The van der Waals surface area contributed by atoms with Gasteiger partial charge in [-0.05, 0) is 58.7 Å². The quantitative estimate of drug-likeness (QED) is 0.222. The summed E-state index contributed by atoms with van der Waals surface area (Å²) in [6.45, 7) is 0. The summed E-state index contributed by atoms with van der Waals surface area (Å²) in [5.41, 5.74) is 0.557. The Hall–Kier alpha value is -4.30. The average Bonchev–Trinajstić information content (AvgIpc) is 2.81. The summed E-state index contributed by atoms with van der Waals surface area (Å²) in [4.78, 5) is 0. The Kier molecular flexibility index (Phi) is 6.93. The van der Waals surface area contributed by atoms with Crippen molar-refractivity contribution in [3.8, 4) is 12.1 Å². The normalized spacial score (nSPS) is 12.7. The van der Waals surface area contributed by atoms with E-state index in [-0.39, 0.29) is 11.1 Å². The maximum atomic E-state index is 12.7. The molecule has 0 saturated heterocycles. The molecule has 3 rings (SSSR count). The van der Waals surface area contributed by atoms with E-state index in [0.29, 0.717) is 22.3 Å². The molecule has 0 spiro atoms. The fourth-order valence-electron chi connectivity index (χ4n) is 3.06. The number of hydrogen-bond donors (Lipinski definition) is 0. The highest BCUT2D eigenvalue weighted by Gasteiger charge is 2.30. The molecule has 0 radical (unpaired) electrons. The number of nitrogens with zero attached hydrogens (tertiary/aromatic N) is 2. The van der Waals surface area contributed by atoms with Crippen LogP contribution in [0.2, 0.25) is 0 Å². The third-order valence-corrected chi connectivity index (χ3v) is 4.85. The molecule has 8 heteroatoms. The predicted octanol–water partition coefficient (Wildman–Crippen LogP) is 7.85. The molecule has 0 bridgehead atoms. The van der Waals surface area contributed by atoms with Crippen LogP contribution in [0, 0.1) is 22.7 Å². The zero-order chi connectivity index (χ0) is 24.9. The Balaban J connectivity index is 1.83. The molecule has 2 nitrogen and oxygen atoms in total. The highest BCUT2D eigenvalue weighted by molar-refractivity contribution is 5.91. The standard InChI is InChI=1S/C26H14F6N2/c27-25(28,29)23-9-5-19(6-10-23)21(15-33)13-17-1-2-18(4-3-17)14-22(16-34)20-7-11-24(12-8-20)26(30,31)32/h1-14H/b21-13-,22-14+. The molecule has 0 aliphatic rings. The highest BCUT2D eigenvalue weighted by atomic mass is 19.4. The zero-order valence-electron chi connectivity index (χ0n) is 17.2. The van der Waals surface area contributed by atoms with Crippen LogP contribution in [-0.2, 0) is 12.4 Å². The van der Waals surface area contributed by atoms with E-state index < -0.39 is 23.5 Å². The van der Waals surface area contributed by atoms with E-state index >= 15 is 0 Å². The molecule has 0 aromatic heterocycles.